The van der Waals surface area contributed by atoms with Crippen LogP contribution in [0.4, 0.5) is 14.5 Å². The van der Waals surface area contributed by atoms with Gasteiger partial charge in [0.1, 0.15) is 11.9 Å². The number of aromatic hydroxyl groups is 1. The van der Waals surface area contributed by atoms with Crippen molar-refractivity contribution in [3.05, 3.63) is 18.2 Å². The number of nitrogens with one attached hydrogen (secondary N) is 1. The van der Waals surface area contributed by atoms with E-state index >= 15 is 0 Å². The number of hydrogen-bond acceptors (Lipinski definition) is 5. The molecule has 0 aromatic heterocycles. The Hall–Kier alpha value is -1.45. The number of rotatable bonds is 5. The monoisotopic (exact) mass is 282 g/mol. The first-order chi connectivity index (χ1) is 8.24. The van der Waals surface area contributed by atoms with Gasteiger partial charge in [0, 0.05) is 6.54 Å². The molecule has 1 aromatic carbocycles. The number of alkyl halides is 2. The van der Waals surface area contributed by atoms with E-state index in [4.69, 9.17) is 15.9 Å². The van der Waals surface area contributed by atoms with Crippen molar-refractivity contribution >= 4 is 15.7 Å². The molecule has 0 aliphatic rings. The highest BCUT2D eigenvalue weighted by molar-refractivity contribution is 7.89. The number of benzene rings is 1. The molecule has 1 atom stereocenters. The van der Waals surface area contributed by atoms with Gasteiger partial charge in [0.25, 0.3) is 6.43 Å². The first-order valence-corrected chi connectivity index (χ1v) is 6.26. The molecule has 9 heteroatoms. The molecule has 1 unspecified atom stereocenters. The van der Waals surface area contributed by atoms with Crippen LogP contribution in [0.5, 0.6) is 5.75 Å². The van der Waals surface area contributed by atoms with Gasteiger partial charge in [0.15, 0.2) is 0 Å². The zero-order valence-electron chi connectivity index (χ0n) is 9.05. The van der Waals surface area contributed by atoms with Crippen LogP contribution in [0, 0.1) is 0 Å². The molecule has 18 heavy (non-hydrogen) atoms. The molecule has 102 valence electrons. The number of anilines is 1. The Morgan fingerprint density at radius 2 is 2.00 bits per heavy atom. The minimum Gasteiger partial charge on any atom is -0.506 e. The minimum atomic E-state index is -4.06. The SMILES string of the molecule is Nc1cc(S(=O)(=O)NCC(O)C(F)F)ccc1O. The minimum absolute atomic E-state index is 0.160. The lowest BCUT2D eigenvalue weighted by Gasteiger charge is -2.11. The fourth-order valence-corrected chi connectivity index (χ4v) is 2.15. The number of sulfonamides is 1. The maximum atomic E-state index is 12.0. The average Bonchev–Trinajstić information content (AvgIpc) is 2.29. The molecule has 0 spiro atoms. The molecule has 0 saturated carbocycles. The summed E-state index contributed by atoms with van der Waals surface area (Å²) in [5.74, 6) is -0.290. The highest BCUT2D eigenvalue weighted by atomic mass is 32.2. The predicted octanol–water partition coefficient (Wildman–Crippen LogP) is -0.121. The Kier molecular flexibility index (Phi) is 4.43. The van der Waals surface area contributed by atoms with Crippen LogP contribution in [-0.4, -0.2) is 37.7 Å². The lowest BCUT2D eigenvalue weighted by Crippen LogP contribution is -2.35. The quantitative estimate of drug-likeness (QED) is 0.444. The van der Waals surface area contributed by atoms with Crippen LogP contribution in [0.15, 0.2) is 23.1 Å². The summed E-state index contributed by atoms with van der Waals surface area (Å²) < 4.78 is 49.0. The number of aliphatic hydroxyl groups is 1. The van der Waals surface area contributed by atoms with E-state index in [9.17, 15) is 17.2 Å². The van der Waals surface area contributed by atoms with Crippen molar-refractivity contribution < 1.29 is 27.4 Å². The van der Waals surface area contributed by atoms with Gasteiger partial charge in [-0.05, 0) is 18.2 Å². The Labute approximate surface area is 102 Å². The van der Waals surface area contributed by atoms with Crippen molar-refractivity contribution in [2.24, 2.45) is 0 Å². The zero-order valence-corrected chi connectivity index (χ0v) is 9.86. The second-order valence-corrected chi connectivity index (χ2v) is 5.24. The molecule has 0 amide bonds. The highest BCUT2D eigenvalue weighted by Crippen LogP contribution is 2.22. The molecule has 0 saturated heterocycles. The number of nitrogen functional groups attached to an aromatic ring is 1. The van der Waals surface area contributed by atoms with Crippen molar-refractivity contribution in [1.82, 2.24) is 4.72 Å². The third-order valence-corrected chi connectivity index (χ3v) is 3.50. The fourth-order valence-electron chi connectivity index (χ4n) is 1.07. The third kappa shape index (κ3) is 3.52. The smallest absolute Gasteiger partial charge is 0.265 e. The summed E-state index contributed by atoms with van der Waals surface area (Å²) >= 11 is 0. The first-order valence-electron chi connectivity index (χ1n) is 4.78. The average molecular weight is 282 g/mol. The number of nitrogens with two attached hydrogens (primary N) is 1. The van der Waals surface area contributed by atoms with Crippen LogP contribution in [0.3, 0.4) is 0 Å². The second kappa shape index (κ2) is 5.46. The molecule has 1 rings (SSSR count). The van der Waals surface area contributed by atoms with Gasteiger partial charge in [0.05, 0.1) is 10.6 Å². The van der Waals surface area contributed by atoms with E-state index in [0.717, 1.165) is 18.2 Å². The Bertz CT molecular complexity index is 521. The molecule has 6 nitrogen and oxygen atoms in total. The van der Waals surface area contributed by atoms with E-state index < -0.39 is 29.1 Å². The van der Waals surface area contributed by atoms with Gasteiger partial charge in [-0.15, -0.1) is 0 Å². The van der Waals surface area contributed by atoms with Crippen LogP contribution < -0.4 is 10.5 Å². The molecule has 0 aliphatic carbocycles. The summed E-state index contributed by atoms with van der Waals surface area (Å²) in [5, 5.41) is 17.9. The lowest BCUT2D eigenvalue weighted by atomic mass is 10.3. The molecule has 1 aromatic rings. The number of aliphatic hydroxyl groups excluding tert-OH is 1. The van der Waals surface area contributed by atoms with Crippen molar-refractivity contribution in [2.75, 3.05) is 12.3 Å². The fraction of sp³-hybridized carbons (Fsp3) is 0.333. The normalized spacial score (nSPS) is 13.8. The van der Waals surface area contributed by atoms with E-state index in [2.05, 4.69) is 0 Å². The number of phenolic OH excluding ortho intramolecular Hbond substituents is 1. The Morgan fingerprint density at radius 1 is 1.39 bits per heavy atom. The van der Waals surface area contributed by atoms with E-state index in [1.165, 1.54) is 0 Å². The lowest BCUT2D eigenvalue weighted by molar-refractivity contribution is -0.000451. The molecular weight excluding hydrogens is 270 g/mol. The van der Waals surface area contributed by atoms with E-state index in [1.54, 1.807) is 0 Å². The van der Waals surface area contributed by atoms with Crippen LogP contribution in [0.1, 0.15) is 0 Å². The third-order valence-electron chi connectivity index (χ3n) is 2.08. The van der Waals surface area contributed by atoms with Crippen LogP contribution in [0.2, 0.25) is 0 Å². The standard InChI is InChI=1S/C9H12F2N2O4S/c10-9(11)8(15)4-13-18(16,17)5-1-2-7(14)6(12)3-5/h1-3,8-9,13-15H,4,12H2. The van der Waals surface area contributed by atoms with E-state index in [1.807, 2.05) is 4.72 Å². The maximum absolute atomic E-state index is 12.0. The van der Waals surface area contributed by atoms with Crippen molar-refractivity contribution in [1.29, 1.82) is 0 Å². The molecule has 0 fully saturated rings. The molecule has 0 radical (unpaired) electrons. The topological polar surface area (TPSA) is 113 Å². The van der Waals surface area contributed by atoms with Gasteiger partial charge in [-0.1, -0.05) is 0 Å². The van der Waals surface area contributed by atoms with Gasteiger partial charge in [-0.3, -0.25) is 0 Å². The summed E-state index contributed by atoms with van der Waals surface area (Å²) in [7, 11) is -4.06. The predicted molar refractivity (Wildman–Crippen MR) is 59.7 cm³/mol. The highest BCUT2D eigenvalue weighted by Gasteiger charge is 2.21. The van der Waals surface area contributed by atoms with E-state index in [0.29, 0.717) is 0 Å². The summed E-state index contributed by atoms with van der Waals surface area (Å²) in [6, 6.07) is 3.10. The number of halogens is 2. The Balaban J connectivity index is 2.83. The molecule has 0 heterocycles. The number of hydrogen-bond donors (Lipinski definition) is 4. The van der Waals surface area contributed by atoms with Crippen molar-refractivity contribution in [3.63, 3.8) is 0 Å². The van der Waals surface area contributed by atoms with Crippen LogP contribution >= 0.6 is 0 Å². The van der Waals surface area contributed by atoms with Crippen molar-refractivity contribution in [2.45, 2.75) is 17.4 Å². The van der Waals surface area contributed by atoms with Crippen LogP contribution in [0.25, 0.3) is 0 Å². The van der Waals surface area contributed by atoms with Gasteiger partial charge in [0.2, 0.25) is 10.0 Å². The van der Waals surface area contributed by atoms with Gasteiger partial charge in [-0.2, -0.15) is 0 Å². The summed E-state index contributed by atoms with van der Waals surface area (Å²) in [4.78, 5) is -0.292. The number of phenols is 1. The van der Waals surface area contributed by atoms with Gasteiger partial charge in [-0.25, -0.2) is 21.9 Å². The van der Waals surface area contributed by atoms with Gasteiger partial charge < -0.3 is 15.9 Å². The largest absolute Gasteiger partial charge is 0.506 e. The molecule has 5 N–H and O–H groups in total. The van der Waals surface area contributed by atoms with Crippen molar-refractivity contribution in [3.8, 4) is 5.75 Å². The van der Waals surface area contributed by atoms with E-state index in [-0.39, 0.29) is 16.3 Å². The molecule has 0 aliphatic heterocycles. The molecular formula is C9H12F2N2O4S. The molecule has 0 bridgehead atoms. The first kappa shape index (κ1) is 14.6. The second-order valence-electron chi connectivity index (χ2n) is 3.47. The maximum Gasteiger partial charge on any atom is 0.265 e. The summed E-state index contributed by atoms with van der Waals surface area (Å²) in [6.07, 6.45) is -5.13. The zero-order chi connectivity index (χ0) is 13.9. The van der Waals surface area contributed by atoms with Crippen LogP contribution in [-0.2, 0) is 10.0 Å². The summed E-state index contributed by atoms with van der Waals surface area (Å²) in [5.41, 5.74) is 5.15. The van der Waals surface area contributed by atoms with Gasteiger partial charge >= 0.3 is 0 Å². The summed E-state index contributed by atoms with van der Waals surface area (Å²) in [6.45, 7) is -0.819. The Morgan fingerprint density at radius 3 is 2.50 bits per heavy atom.